The SMILES string of the molecule is O=C(NCc1nn(C2CCCC2)c2c1CCCC2)Nc1cccs1. The van der Waals surface area contributed by atoms with Crippen LogP contribution in [0.2, 0.25) is 0 Å². The van der Waals surface area contributed by atoms with Gasteiger partial charge in [-0.2, -0.15) is 5.10 Å². The van der Waals surface area contributed by atoms with Crippen molar-refractivity contribution in [2.24, 2.45) is 0 Å². The Hall–Kier alpha value is -1.82. The highest BCUT2D eigenvalue weighted by molar-refractivity contribution is 7.14. The van der Waals surface area contributed by atoms with Gasteiger partial charge in [0.05, 0.1) is 23.3 Å². The van der Waals surface area contributed by atoms with Gasteiger partial charge in [0.2, 0.25) is 0 Å². The van der Waals surface area contributed by atoms with E-state index in [4.69, 9.17) is 5.10 Å². The molecule has 1 fully saturated rings. The van der Waals surface area contributed by atoms with Crippen molar-refractivity contribution in [1.29, 1.82) is 0 Å². The van der Waals surface area contributed by atoms with Crippen LogP contribution in [0.15, 0.2) is 17.5 Å². The summed E-state index contributed by atoms with van der Waals surface area (Å²) in [6, 6.07) is 4.25. The smallest absolute Gasteiger partial charge is 0.320 e. The summed E-state index contributed by atoms with van der Waals surface area (Å²) < 4.78 is 2.30. The van der Waals surface area contributed by atoms with Crippen molar-refractivity contribution in [2.75, 3.05) is 5.32 Å². The number of hydrogen-bond acceptors (Lipinski definition) is 3. The highest BCUT2D eigenvalue weighted by atomic mass is 32.1. The van der Waals surface area contributed by atoms with E-state index in [0.717, 1.165) is 23.5 Å². The molecule has 24 heavy (non-hydrogen) atoms. The highest BCUT2D eigenvalue weighted by Crippen LogP contribution is 2.34. The zero-order valence-corrected chi connectivity index (χ0v) is 14.7. The quantitative estimate of drug-likeness (QED) is 0.870. The average molecular weight is 344 g/mol. The number of nitrogens with one attached hydrogen (secondary N) is 2. The largest absolute Gasteiger partial charge is 0.332 e. The molecule has 6 heteroatoms. The van der Waals surface area contributed by atoms with Crippen molar-refractivity contribution >= 4 is 22.4 Å². The Labute approximate surface area is 146 Å². The third-order valence-electron chi connectivity index (χ3n) is 5.14. The topological polar surface area (TPSA) is 59.0 Å². The van der Waals surface area contributed by atoms with E-state index >= 15 is 0 Å². The lowest BCUT2D eigenvalue weighted by Gasteiger charge is -2.18. The van der Waals surface area contributed by atoms with Crippen LogP contribution in [0.4, 0.5) is 9.80 Å². The number of aromatic nitrogens is 2. The number of carbonyl (C=O) groups excluding carboxylic acids is 1. The molecule has 0 aromatic carbocycles. The fourth-order valence-corrected chi connectivity index (χ4v) is 4.58. The molecule has 2 heterocycles. The number of carbonyl (C=O) groups is 1. The summed E-state index contributed by atoms with van der Waals surface area (Å²) in [5, 5.41) is 13.6. The Bertz CT molecular complexity index is 701. The molecule has 0 bridgehead atoms. The fraction of sp³-hybridized carbons (Fsp3) is 0.556. The molecule has 0 aliphatic heterocycles. The van der Waals surface area contributed by atoms with Crippen LogP contribution in [0.3, 0.4) is 0 Å². The van der Waals surface area contributed by atoms with Gasteiger partial charge in [-0.1, -0.05) is 12.8 Å². The Morgan fingerprint density at radius 1 is 1.25 bits per heavy atom. The Morgan fingerprint density at radius 3 is 2.88 bits per heavy atom. The van der Waals surface area contributed by atoms with E-state index in [0.29, 0.717) is 12.6 Å². The monoisotopic (exact) mass is 344 g/mol. The van der Waals surface area contributed by atoms with E-state index in [2.05, 4.69) is 15.3 Å². The van der Waals surface area contributed by atoms with Crippen LogP contribution in [0.5, 0.6) is 0 Å². The Balaban J connectivity index is 1.47. The van der Waals surface area contributed by atoms with Crippen LogP contribution >= 0.6 is 11.3 Å². The van der Waals surface area contributed by atoms with Crippen molar-refractivity contribution in [3.8, 4) is 0 Å². The molecule has 4 rings (SSSR count). The first-order valence-electron chi connectivity index (χ1n) is 8.99. The first-order chi connectivity index (χ1) is 11.8. The number of nitrogens with zero attached hydrogens (tertiary/aromatic N) is 2. The summed E-state index contributed by atoms with van der Waals surface area (Å²) in [6.07, 6.45) is 9.87. The number of urea groups is 1. The minimum atomic E-state index is -0.155. The minimum Gasteiger partial charge on any atom is -0.332 e. The second kappa shape index (κ2) is 6.97. The number of rotatable bonds is 4. The molecule has 2 aromatic heterocycles. The van der Waals surface area contributed by atoms with Gasteiger partial charge in [0.25, 0.3) is 0 Å². The number of amides is 2. The molecule has 2 aliphatic rings. The lowest BCUT2D eigenvalue weighted by molar-refractivity contribution is 0.251. The first-order valence-corrected chi connectivity index (χ1v) is 9.87. The molecule has 2 aliphatic carbocycles. The molecule has 0 radical (unpaired) electrons. The number of hydrogen-bond donors (Lipinski definition) is 2. The Morgan fingerprint density at radius 2 is 2.08 bits per heavy atom. The van der Waals surface area contributed by atoms with Gasteiger partial charge in [-0.15, -0.1) is 11.3 Å². The molecule has 0 unspecified atom stereocenters. The number of fused-ring (bicyclic) bond motifs is 1. The molecule has 128 valence electrons. The van der Waals surface area contributed by atoms with Crippen LogP contribution in [0.25, 0.3) is 0 Å². The Kier molecular flexibility index (Phi) is 4.56. The maximum Gasteiger partial charge on any atom is 0.320 e. The molecule has 0 atom stereocenters. The third-order valence-corrected chi connectivity index (χ3v) is 5.92. The predicted octanol–water partition coefficient (Wildman–Crippen LogP) is 4.26. The normalized spacial score (nSPS) is 17.7. The summed E-state index contributed by atoms with van der Waals surface area (Å²) in [5.41, 5.74) is 3.89. The molecular weight excluding hydrogens is 320 g/mol. The third kappa shape index (κ3) is 3.20. The second-order valence-electron chi connectivity index (χ2n) is 6.75. The second-order valence-corrected chi connectivity index (χ2v) is 7.69. The first kappa shape index (κ1) is 15.7. The van der Waals surface area contributed by atoms with Gasteiger partial charge < -0.3 is 5.32 Å². The van der Waals surface area contributed by atoms with Crippen molar-refractivity contribution in [3.05, 3.63) is 34.5 Å². The van der Waals surface area contributed by atoms with Gasteiger partial charge in [0, 0.05) is 5.69 Å². The van der Waals surface area contributed by atoms with E-state index in [9.17, 15) is 4.79 Å². The standard InChI is InChI=1S/C18H24N4OS/c23-18(20-17-10-5-11-24-17)19-12-15-14-8-3-4-9-16(14)22(21-15)13-6-1-2-7-13/h5,10-11,13H,1-4,6-9,12H2,(H2,19,20,23). The lowest BCUT2D eigenvalue weighted by Crippen LogP contribution is -2.28. The van der Waals surface area contributed by atoms with Crippen LogP contribution < -0.4 is 10.6 Å². The molecule has 1 saturated carbocycles. The summed E-state index contributed by atoms with van der Waals surface area (Å²) in [4.78, 5) is 12.1. The maximum atomic E-state index is 12.1. The van der Waals surface area contributed by atoms with E-state index < -0.39 is 0 Å². The summed E-state index contributed by atoms with van der Waals surface area (Å²) in [6.45, 7) is 0.513. The molecule has 2 aromatic rings. The van der Waals surface area contributed by atoms with Crippen LogP contribution in [0, 0.1) is 0 Å². The number of thiophene rings is 1. The fourth-order valence-electron chi connectivity index (χ4n) is 3.97. The van der Waals surface area contributed by atoms with Gasteiger partial charge in [0.15, 0.2) is 0 Å². The van der Waals surface area contributed by atoms with Gasteiger partial charge in [0.1, 0.15) is 0 Å². The van der Waals surface area contributed by atoms with Crippen molar-refractivity contribution < 1.29 is 4.79 Å². The molecular formula is C18H24N4OS. The van der Waals surface area contributed by atoms with Gasteiger partial charge in [-0.3, -0.25) is 10.00 Å². The molecule has 0 saturated heterocycles. The average Bonchev–Trinajstić information content (AvgIpc) is 3.33. The predicted molar refractivity (Wildman–Crippen MR) is 96.6 cm³/mol. The number of anilines is 1. The molecule has 2 N–H and O–H groups in total. The highest BCUT2D eigenvalue weighted by Gasteiger charge is 2.26. The molecule has 2 amide bonds. The van der Waals surface area contributed by atoms with Crippen molar-refractivity contribution in [1.82, 2.24) is 15.1 Å². The zero-order chi connectivity index (χ0) is 16.4. The lowest BCUT2D eigenvalue weighted by atomic mass is 9.95. The van der Waals surface area contributed by atoms with E-state index in [-0.39, 0.29) is 6.03 Å². The van der Waals surface area contributed by atoms with Gasteiger partial charge >= 0.3 is 6.03 Å². The van der Waals surface area contributed by atoms with Crippen LogP contribution in [0.1, 0.15) is 61.5 Å². The van der Waals surface area contributed by atoms with Gasteiger partial charge in [-0.05, 0) is 61.6 Å². The van der Waals surface area contributed by atoms with E-state index in [1.54, 1.807) is 0 Å². The molecule has 5 nitrogen and oxygen atoms in total. The summed E-state index contributed by atoms with van der Waals surface area (Å²) in [5.74, 6) is 0. The van der Waals surface area contributed by atoms with Crippen molar-refractivity contribution in [3.63, 3.8) is 0 Å². The van der Waals surface area contributed by atoms with Crippen LogP contribution in [-0.2, 0) is 19.4 Å². The van der Waals surface area contributed by atoms with Crippen LogP contribution in [-0.4, -0.2) is 15.8 Å². The van der Waals surface area contributed by atoms with E-state index in [1.165, 1.54) is 61.1 Å². The van der Waals surface area contributed by atoms with E-state index in [1.807, 2.05) is 17.5 Å². The summed E-state index contributed by atoms with van der Waals surface area (Å²) in [7, 11) is 0. The summed E-state index contributed by atoms with van der Waals surface area (Å²) >= 11 is 1.53. The van der Waals surface area contributed by atoms with Gasteiger partial charge in [-0.25, -0.2) is 4.79 Å². The van der Waals surface area contributed by atoms with Crippen molar-refractivity contribution in [2.45, 2.75) is 64.0 Å². The zero-order valence-electron chi connectivity index (χ0n) is 13.9. The minimum absolute atomic E-state index is 0.155. The maximum absolute atomic E-state index is 12.1. The molecule has 0 spiro atoms.